The predicted octanol–water partition coefficient (Wildman–Crippen LogP) is 2.78. The van der Waals surface area contributed by atoms with Crippen molar-refractivity contribution in [3.63, 3.8) is 0 Å². The Morgan fingerprint density at radius 3 is 2.64 bits per heavy atom. The predicted molar refractivity (Wildman–Crippen MR) is 58.7 cm³/mol. The summed E-state index contributed by atoms with van der Waals surface area (Å²) in [6.07, 6.45) is 2.84. The van der Waals surface area contributed by atoms with Crippen molar-refractivity contribution in [1.82, 2.24) is 5.32 Å². The molecule has 1 aromatic rings. The zero-order valence-electron chi connectivity index (χ0n) is 7.66. The van der Waals surface area contributed by atoms with Crippen LogP contribution in [0, 0.1) is 0 Å². The zero-order valence-corrected chi connectivity index (χ0v) is 9.24. The van der Waals surface area contributed by atoms with Gasteiger partial charge in [0.2, 0.25) is 0 Å². The van der Waals surface area contributed by atoms with Crippen molar-refractivity contribution in [3.05, 3.63) is 40.5 Å². The maximum absolute atomic E-state index is 10.7. The second kappa shape index (κ2) is 5.44. The molecule has 4 heteroatoms. The van der Waals surface area contributed by atoms with Crippen molar-refractivity contribution in [2.24, 2.45) is 0 Å². The second-order valence-corrected chi connectivity index (χ2v) is 3.44. The minimum atomic E-state index is -0.474. The smallest absolute Gasteiger partial charge is 0.410 e. The van der Waals surface area contributed by atoms with Gasteiger partial charge >= 0.3 is 6.09 Å². The van der Waals surface area contributed by atoms with Gasteiger partial charge < -0.3 is 4.74 Å². The van der Waals surface area contributed by atoms with E-state index in [1.165, 1.54) is 13.3 Å². The van der Waals surface area contributed by atoms with Crippen LogP contribution in [0.4, 0.5) is 4.79 Å². The third-order valence-electron chi connectivity index (χ3n) is 1.53. The molecule has 0 fully saturated rings. The van der Waals surface area contributed by atoms with Gasteiger partial charge in [0.15, 0.2) is 0 Å². The van der Waals surface area contributed by atoms with E-state index in [1.54, 1.807) is 6.08 Å². The van der Waals surface area contributed by atoms with Crippen molar-refractivity contribution in [3.8, 4) is 0 Å². The topological polar surface area (TPSA) is 38.3 Å². The van der Waals surface area contributed by atoms with Gasteiger partial charge in [0.1, 0.15) is 0 Å². The van der Waals surface area contributed by atoms with E-state index in [1.807, 2.05) is 24.3 Å². The molecule has 0 saturated carbocycles. The van der Waals surface area contributed by atoms with Gasteiger partial charge in [-0.1, -0.05) is 28.1 Å². The molecule has 0 aliphatic heterocycles. The van der Waals surface area contributed by atoms with Crippen LogP contribution in [-0.2, 0) is 4.74 Å². The van der Waals surface area contributed by atoms with E-state index in [4.69, 9.17) is 0 Å². The average Bonchev–Trinajstić information content (AvgIpc) is 2.21. The van der Waals surface area contributed by atoms with Crippen molar-refractivity contribution >= 4 is 28.1 Å². The molecule has 1 rings (SSSR count). The zero-order chi connectivity index (χ0) is 10.4. The fourth-order valence-electron chi connectivity index (χ4n) is 0.839. The molecule has 0 bridgehead atoms. The molecule has 0 radical (unpaired) electrons. The Kier molecular flexibility index (Phi) is 4.19. The Labute approximate surface area is 90.9 Å². The highest BCUT2D eigenvalue weighted by molar-refractivity contribution is 9.10. The number of nitrogens with one attached hydrogen (secondary N) is 1. The third kappa shape index (κ3) is 3.62. The highest BCUT2D eigenvalue weighted by Gasteiger charge is 1.91. The summed E-state index contributed by atoms with van der Waals surface area (Å²) < 4.78 is 5.42. The summed E-state index contributed by atoms with van der Waals surface area (Å²) in [4.78, 5) is 10.7. The van der Waals surface area contributed by atoms with Gasteiger partial charge in [0, 0.05) is 10.7 Å². The molecular weight excluding hydrogens is 246 g/mol. The maximum atomic E-state index is 10.7. The first-order valence-corrected chi connectivity index (χ1v) is 4.78. The number of methoxy groups -OCH3 is 1. The summed E-state index contributed by atoms with van der Waals surface area (Å²) in [5.41, 5.74) is 1.00. The van der Waals surface area contributed by atoms with Crippen molar-refractivity contribution in [1.29, 1.82) is 0 Å². The van der Waals surface area contributed by atoms with Crippen LogP contribution < -0.4 is 5.32 Å². The lowest BCUT2D eigenvalue weighted by Gasteiger charge is -1.96. The van der Waals surface area contributed by atoms with Crippen molar-refractivity contribution in [2.45, 2.75) is 0 Å². The summed E-state index contributed by atoms with van der Waals surface area (Å²) in [5.74, 6) is 0. The second-order valence-electron chi connectivity index (χ2n) is 2.52. The number of hydrogen-bond acceptors (Lipinski definition) is 2. The van der Waals surface area contributed by atoms with Gasteiger partial charge in [-0.05, 0) is 23.8 Å². The van der Waals surface area contributed by atoms with Gasteiger partial charge in [0.25, 0.3) is 0 Å². The molecule has 0 spiro atoms. The average molecular weight is 256 g/mol. The summed E-state index contributed by atoms with van der Waals surface area (Å²) in [7, 11) is 1.32. The number of carbonyl (C=O) groups excluding carboxylic acids is 1. The lowest BCUT2D eigenvalue weighted by Crippen LogP contribution is -2.15. The number of alkyl carbamates (subject to hydrolysis) is 1. The minimum Gasteiger partial charge on any atom is -0.453 e. The van der Waals surface area contributed by atoms with E-state index in [9.17, 15) is 4.79 Å². The lowest BCUT2D eigenvalue weighted by atomic mass is 10.2. The van der Waals surface area contributed by atoms with Gasteiger partial charge in [-0.2, -0.15) is 0 Å². The Bertz CT molecular complexity index is 332. The summed E-state index contributed by atoms with van der Waals surface area (Å²) >= 11 is 3.33. The molecule has 0 aliphatic carbocycles. The number of rotatable bonds is 2. The Morgan fingerprint density at radius 1 is 1.43 bits per heavy atom. The number of halogens is 1. The van der Waals surface area contributed by atoms with E-state index in [-0.39, 0.29) is 0 Å². The molecule has 0 saturated heterocycles. The minimum absolute atomic E-state index is 0.474. The Balaban J connectivity index is 2.52. The van der Waals surface area contributed by atoms with E-state index < -0.39 is 6.09 Å². The van der Waals surface area contributed by atoms with Crippen LogP contribution in [0.25, 0.3) is 6.08 Å². The normalized spacial score (nSPS) is 10.1. The molecule has 0 atom stereocenters. The van der Waals surface area contributed by atoms with Crippen molar-refractivity contribution in [2.75, 3.05) is 7.11 Å². The number of amides is 1. The largest absolute Gasteiger partial charge is 0.453 e. The number of benzene rings is 1. The summed E-state index contributed by atoms with van der Waals surface area (Å²) in [5, 5.41) is 2.44. The molecule has 0 aliphatic rings. The van der Waals surface area contributed by atoms with Crippen LogP contribution in [0.1, 0.15) is 5.56 Å². The molecule has 0 heterocycles. The highest BCUT2D eigenvalue weighted by atomic mass is 79.9. The first-order valence-electron chi connectivity index (χ1n) is 3.99. The maximum Gasteiger partial charge on any atom is 0.410 e. The molecule has 1 amide bonds. The third-order valence-corrected chi connectivity index (χ3v) is 2.06. The van der Waals surface area contributed by atoms with Crippen LogP contribution in [0.5, 0.6) is 0 Å². The van der Waals surface area contributed by atoms with Crippen LogP contribution in [0.15, 0.2) is 34.9 Å². The first-order chi connectivity index (χ1) is 6.72. The van der Waals surface area contributed by atoms with Gasteiger partial charge in [0.05, 0.1) is 7.11 Å². The standard InChI is InChI=1S/C10H10BrNO2/c1-14-10(13)12-7-6-8-2-4-9(11)5-3-8/h2-7H,1H3,(H,12,13)/b7-6-. The lowest BCUT2D eigenvalue weighted by molar-refractivity contribution is 0.175. The molecule has 1 N–H and O–H groups in total. The number of carbonyl (C=O) groups is 1. The Morgan fingerprint density at radius 2 is 2.07 bits per heavy atom. The first kappa shape index (κ1) is 10.8. The number of hydrogen-bond donors (Lipinski definition) is 1. The summed E-state index contributed by atoms with van der Waals surface area (Å²) in [6, 6.07) is 7.72. The van der Waals surface area contributed by atoms with Gasteiger partial charge in [-0.25, -0.2) is 4.79 Å². The highest BCUT2D eigenvalue weighted by Crippen LogP contribution is 2.10. The molecule has 0 unspecified atom stereocenters. The van der Waals surface area contributed by atoms with Crippen molar-refractivity contribution < 1.29 is 9.53 Å². The van der Waals surface area contributed by atoms with E-state index in [0.29, 0.717) is 0 Å². The van der Waals surface area contributed by atoms with Gasteiger partial charge in [-0.15, -0.1) is 0 Å². The van der Waals surface area contributed by atoms with Crippen LogP contribution in [0.2, 0.25) is 0 Å². The molecule has 1 aromatic carbocycles. The fraction of sp³-hybridized carbons (Fsp3) is 0.100. The monoisotopic (exact) mass is 255 g/mol. The Hall–Kier alpha value is -1.29. The van der Waals surface area contributed by atoms with E-state index >= 15 is 0 Å². The number of ether oxygens (including phenoxy) is 1. The van der Waals surface area contributed by atoms with Crippen LogP contribution >= 0.6 is 15.9 Å². The van der Waals surface area contributed by atoms with E-state index in [2.05, 4.69) is 26.0 Å². The molecule has 14 heavy (non-hydrogen) atoms. The summed E-state index contributed by atoms with van der Waals surface area (Å²) in [6.45, 7) is 0. The molecule has 74 valence electrons. The quantitative estimate of drug-likeness (QED) is 0.883. The molecule has 3 nitrogen and oxygen atoms in total. The fourth-order valence-corrected chi connectivity index (χ4v) is 1.10. The van der Waals surface area contributed by atoms with Gasteiger partial charge in [-0.3, -0.25) is 5.32 Å². The SMILES string of the molecule is COC(=O)N/C=C\c1ccc(Br)cc1. The molecular formula is C10H10BrNO2. The van der Waals surface area contributed by atoms with E-state index in [0.717, 1.165) is 10.0 Å². The van der Waals surface area contributed by atoms with Crippen LogP contribution in [-0.4, -0.2) is 13.2 Å². The van der Waals surface area contributed by atoms with Crippen LogP contribution in [0.3, 0.4) is 0 Å². The molecule has 0 aromatic heterocycles.